The molecule has 0 radical (unpaired) electrons. The Kier molecular flexibility index (Phi) is 4.31. The van der Waals surface area contributed by atoms with Crippen LogP contribution in [0.1, 0.15) is 5.69 Å². The fourth-order valence-electron chi connectivity index (χ4n) is 0.721. The summed E-state index contributed by atoms with van der Waals surface area (Å²) >= 11 is 0. The van der Waals surface area contributed by atoms with E-state index in [0.29, 0.717) is 0 Å². The lowest BCUT2D eigenvalue weighted by molar-refractivity contribution is -0.138. The number of nitrogens with one attached hydrogen (secondary N) is 1. The monoisotopic (exact) mass is 191 g/mol. The van der Waals surface area contributed by atoms with Gasteiger partial charge in [-0.05, 0) is 0 Å². The Hall–Kier alpha value is -1.07. The van der Waals surface area contributed by atoms with Crippen molar-refractivity contribution in [3.8, 4) is 0 Å². The zero-order valence-electron chi connectivity index (χ0n) is 6.23. The second-order valence-corrected chi connectivity index (χ2v) is 2.23. The number of carboxylic acid groups (broad SMARTS) is 1. The highest BCUT2D eigenvalue weighted by Crippen LogP contribution is 1.95. The summed E-state index contributed by atoms with van der Waals surface area (Å²) in [7, 11) is 0. The fraction of sp³-hybridized carbons (Fsp3) is 0.333. The van der Waals surface area contributed by atoms with Gasteiger partial charge in [0.25, 0.3) is 0 Å². The normalized spacial score (nSPS) is 11.8. The number of hydrogen-bond donors (Lipinski definition) is 3. The molecule has 0 fully saturated rings. The molecule has 1 aromatic rings. The summed E-state index contributed by atoms with van der Waals surface area (Å²) in [5.74, 6) is -1.00. The van der Waals surface area contributed by atoms with Crippen LogP contribution in [-0.4, -0.2) is 27.1 Å². The van der Waals surface area contributed by atoms with Crippen molar-refractivity contribution in [1.82, 2.24) is 9.97 Å². The van der Waals surface area contributed by atoms with Crippen LogP contribution in [0.25, 0.3) is 0 Å². The molecule has 68 valence electrons. The molecule has 12 heavy (non-hydrogen) atoms. The summed E-state index contributed by atoms with van der Waals surface area (Å²) in [5, 5.41) is 8.42. The molecule has 0 saturated carbocycles. The number of carbonyl (C=O) groups is 1. The first kappa shape index (κ1) is 10.9. The van der Waals surface area contributed by atoms with Gasteiger partial charge in [-0.15, -0.1) is 12.4 Å². The molecule has 0 aliphatic heterocycles. The minimum atomic E-state index is -1.00. The van der Waals surface area contributed by atoms with Crippen LogP contribution < -0.4 is 5.73 Å². The SMILES string of the molecule is Cl.N[C@H](Cc1cnc[nH]1)C(=O)O. The third-order valence-corrected chi connectivity index (χ3v) is 1.31. The highest BCUT2D eigenvalue weighted by Gasteiger charge is 2.11. The number of halogens is 1. The van der Waals surface area contributed by atoms with E-state index >= 15 is 0 Å². The molecule has 6 heteroatoms. The summed E-state index contributed by atoms with van der Waals surface area (Å²) in [6.45, 7) is 0. The van der Waals surface area contributed by atoms with Crippen LogP contribution in [0, 0.1) is 0 Å². The topological polar surface area (TPSA) is 92.0 Å². The van der Waals surface area contributed by atoms with E-state index in [9.17, 15) is 4.79 Å². The fourth-order valence-corrected chi connectivity index (χ4v) is 0.721. The molecule has 0 spiro atoms. The van der Waals surface area contributed by atoms with Gasteiger partial charge in [0.05, 0.1) is 6.33 Å². The van der Waals surface area contributed by atoms with Crippen molar-refractivity contribution in [2.75, 3.05) is 0 Å². The largest absolute Gasteiger partial charge is 0.480 e. The third-order valence-electron chi connectivity index (χ3n) is 1.31. The van der Waals surface area contributed by atoms with Crippen molar-refractivity contribution in [3.63, 3.8) is 0 Å². The first-order valence-electron chi connectivity index (χ1n) is 3.16. The van der Waals surface area contributed by atoms with Gasteiger partial charge in [-0.25, -0.2) is 4.98 Å². The molecule has 0 amide bonds. The summed E-state index contributed by atoms with van der Waals surface area (Å²) in [4.78, 5) is 16.8. The van der Waals surface area contributed by atoms with Gasteiger partial charge in [0, 0.05) is 18.3 Å². The highest BCUT2D eigenvalue weighted by molar-refractivity contribution is 5.85. The average molecular weight is 192 g/mol. The first-order chi connectivity index (χ1) is 5.20. The van der Waals surface area contributed by atoms with E-state index < -0.39 is 12.0 Å². The Bertz CT molecular complexity index is 237. The number of rotatable bonds is 3. The number of imidazole rings is 1. The van der Waals surface area contributed by atoms with Crippen LogP contribution in [0.15, 0.2) is 12.5 Å². The van der Waals surface area contributed by atoms with Crippen LogP contribution in [-0.2, 0) is 11.2 Å². The van der Waals surface area contributed by atoms with Gasteiger partial charge in [-0.1, -0.05) is 0 Å². The van der Waals surface area contributed by atoms with Gasteiger partial charge in [-0.3, -0.25) is 4.79 Å². The van der Waals surface area contributed by atoms with Gasteiger partial charge in [-0.2, -0.15) is 0 Å². The predicted molar refractivity (Wildman–Crippen MR) is 45.2 cm³/mol. The number of aliphatic carboxylic acids is 1. The second-order valence-electron chi connectivity index (χ2n) is 2.23. The Morgan fingerprint density at radius 1 is 1.83 bits per heavy atom. The van der Waals surface area contributed by atoms with E-state index in [0.717, 1.165) is 5.69 Å². The lowest BCUT2D eigenvalue weighted by atomic mass is 10.2. The van der Waals surface area contributed by atoms with Crippen LogP contribution in [0.3, 0.4) is 0 Å². The maximum Gasteiger partial charge on any atom is 0.320 e. The number of nitrogens with zero attached hydrogens (tertiary/aromatic N) is 1. The molecule has 1 aromatic heterocycles. The van der Waals surface area contributed by atoms with E-state index in [4.69, 9.17) is 10.8 Å². The summed E-state index contributed by atoms with van der Waals surface area (Å²) in [5.41, 5.74) is 6.00. The van der Waals surface area contributed by atoms with Gasteiger partial charge in [0.15, 0.2) is 0 Å². The molecule has 0 aliphatic rings. The smallest absolute Gasteiger partial charge is 0.320 e. The number of hydrogen-bond acceptors (Lipinski definition) is 3. The van der Waals surface area contributed by atoms with E-state index in [1.54, 1.807) is 6.20 Å². The zero-order valence-corrected chi connectivity index (χ0v) is 7.04. The van der Waals surface area contributed by atoms with Crippen molar-refractivity contribution in [2.45, 2.75) is 12.5 Å². The summed E-state index contributed by atoms with van der Waals surface area (Å²) in [6.07, 6.45) is 3.34. The molecule has 0 bridgehead atoms. The molecule has 1 atom stereocenters. The van der Waals surface area contributed by atoms with E-state index in [1.807, 2.05) is 0 Å². The van der Waals surface area contributed by atoms with Gasteiger partial charge >= 0.3 is 5.97 Å². The Morgan fingerprint density at radius 3 is 2.92 bits per heavy atom. The molecular formula is C6H10ClN3O2. The lowest BCUT2D eigenvalue weighted by Crippen LogP contribution is -2.32. The number of aromatic amines is 1. The Morgan fingerprint density at radius 2 is 2.50 bits per heavy atom. The second kappa shape index (κ2) is 4.74. The van der Waals surface area contributed by atoms with Gasteiger partial charge in [0.2, 0.25) is 0 Å². The summed E-state index contributed by atoms with van der Waals surface area (Å²) < 4.78 is 0. The van der Waals surface area contributed by atoms with Crippen LogP contribution in [0.4, 0.5) is 0 Å². The van der Waals surface area contributed by atoms with Crippen molar-refractivity contribution in [2.24, 2.45) is 5.73 Å². The van der Waals surface area contributed by atoms with Crippen LogP contribution >= 0.6 is 12.4 Å². The molecule has 0 aromatic carbocycles. The summed E-state index contributed by atoms with van der Waals surface area (Å²) in [6, 6.07) is -0.851. The minimum Gasteiger partial charge on any atom is -0.480 e. The number of aromatic nitrogens is 2. The van der Waals surface area contributed by atoms with Crippen molar-refractivity contribution in [1.29, 1.82) is 0 Å². The molecule has 1 rings (SSSR count). The average Bonchev–Trinajstić information content (AvgIpc) is 2.39. The Balaban J connectivity index is 0.00000121. The van der Waals surface area contributed by atoms with Gasteiger partial charge in [0.1, 0.15) is 6.04 Å². The van der Waals surface area contributed by atoms with E-state index in [2.05, 4.69) is 9.97 Å². The molecule has 1 heterocycles. The highest BCUT2D eigenvalue weighted by atomic mass is 35.5. The number of H-pyrrole nitrogens is 1. The maximum atomic E-state index is 10.3. The molecule has 5 nitrogen and oxygen atoms in total. The molecule has 4 N–H and O–H groups in total. The predicted octanol–water partition coefficient (Wildman–Crippen LogP) is -0.214. The van der Waals surface area contributed by atoms with E-state index in [1.165, 1.54) is 6.33 Å². The molecule has 0 saturated heterocycles. The van der Waals surface area contributed by atoms with Crippen molar-refractivity contribution < 1.29 is 9.90 Å². The van der Waals surface area contributed by atoms with Crippen molar-refractivity contribution in [3.05, 3.63) is 18.2 Å². The Labute approximate surface area is 75.4 Å². The zero-order chi connectivity index (χ0) is 8.27. The van der Waals surface area contributed by atoms with Crippen LogP contribution in [0.5, 0.6) is 0 Å². The number of carboxylic acids is 1. The minimum absolute atomic E-state index is 0. The standard InChI is InChI=1S/C6H9N3O2.ClH/c7-5(6(10)11)1-4-2-8-3-9-4;/h2-3,5H,1,7H2,(H,8,9)(H,10,11);1H/t5-;/m1./s1. The molecule has 0 unspecified atom stereocenters. The van der Waals surface area contributed by atoms with E-state index in [-0.39, 0.29) is 18.8 Å². The third kappa shape index (κ3) is 2.89. The van der Waals surface area contributed by atoms with Crippen LogP contribution in [0.2, 0.25) is 0 Å². The number of nitrogens with two attached hydrogens (primary N) is 1. The molecule has 0 aliphatic carbocycles. The maximum absolute atomic E-state index is 10.3. The quantitative estimate of drug-likeness (QED) is 0.616. The van der Waals surface area contributed by atoms with Crippen molar-refractivity contribution >= 4 is 18.4 Å². The first-order valence-corrected chi connectivity index (χ1v) is 3.16. The van der Waals surface area contributed by atoms with Gasteiger partial charge < -0.3 is 15.8 Å². The molecular weight excluding hydrogens is 182 g/mol. The lowest BCUT2D eigenvalue weighted by Gasteiger charge is -2.02.